The minimum Gasteiger partial charge on any atom is -0.443 e. The van der Waals surface area contributed by atoms with Gasteiger partial charge in [-0.15, -0.1) is 0 Å². The Balaban J connectivity index is 3.09. The van der Waals surface area contributed by atoms with Crippen LogP contribution in [0.1, 0.15) is 47.1 Å². The van der Waals surface area contributed by atoms with Crippen molar-refractivity contribution in [1.29, 1.82) is 0 Å². The quantitative estimate of drug-likeness (QED) is 0.595. The Morgan fingerprint density at radius 2 is 1.52 bits per heavy atom. The molecule has 0 aliphatic heterocycles. The van der Waals surface area contributed by atoms with E-state index >= 15 is 0 Å². The summed E-state index contributed by atoms with van der Waals surface area (Å²) in [4.78, 5) is 35.9. The van der Waals surface area contributed by atoms with E-state index in [9.17, 15) is 19.7 Å². The van der Waals surface area contributed by atoms with Crippen molar-refractivity contribution in [2.75, 3.05) is 0 Å². The van der Waals surface area contributed by atoms with Crippen molar-refractivity contribution >= 4 is 17.9 Å². The zero-order chi connectivity index (χ0) is 19.4. The number of nitro groups is 1. The Morgan fingerprint density at radius 3 is 1.92 bits per heavy atom. The molecule has 0 atom stereocenters. The third kappa shape index (κ3) is 7.19. The maximum Gasteiger partial charge on any atom is 0.420 e. The third-order valence-corrected chi connectivity index (χ3v) is 2.69. The third-order valence-electron chi connectivity index (χ3n) is 2.69. The lowest BCUT2D eigenvalue weighted by Gasteiger charge is -2.28. The topological polar surface area (TPSA) is 99.0 Å². The minimum absolute atomic E-state index is 0.133. The number of imide groups is 1. The summed E-state index contributed by atoms with van der Waals surface area (Å²) in [5.74, 6) is 0. The van der Waals surface area contributed by atoms with Crippen LogP contribution in [0.25, 0.3) is 0 Å². The number of carbonyl (C=O) groups is 2. The highest BCUT2D eigenvalue weighted by Crippen LogP contribution is 2.19. The van der Waals surface area contributed by atoms with Crippen molar-refractivity contribution in [3.63, 3.8) is 0 Å². The van der Waals surface area contributed by atoms with Gasteiger partial charge < -0.3 is 9.47 Å². The van der Waals surface area contributed by atoms with Gasteiger partial charge in [0, 0.05) is 12.1 Å². The lowest BCUT2D eigenvalue weighted by atomic mass is 10.2. The van der Waals surface area contributed by atoms with Crippen LogP contribution in [0.15, 0.2) is 24.3 Å². The molecule has 8 nitrogen and oxygen atoms in total. The van der Waals surface area contributed by atoms with Crippen molar-refractivity contribution in [2.45, 2.75) is 59.3 Å². The van der Waals surface area contributed by atoms with Gasteiger partial charge in [-0.1, -0.05) is 12.1 Å². The van der Waals surface area contributed by atoms with E-state index in [0.717, 1.165) is 4.90 Å². The first kappa shape index (κ1) is 20.4. The fourth-order valence-corrected chi connectivity index (χ4v) is 1.79. The molecule has 0 fully saturated rings. The van der Waals surface area contributed by atoms with Crippen molar-refractivity contribution in [3.05, 3.63) is 39.9 Å². The number of nitro benzene ring substituents is 1. The summed E-state index contributed by atoms with van der Waals surface area (Å²) in [5, 5.41) is 10.9. The van der Waals surface area contributed by atoms with Gasteiger partial charge in [0.25, 0.3) is 5.69 Å². The standard InChI is InChI=1S/C17H24N2O6/c1-16(2,3)24-14(20)18(15(21)25-17(4,5)6)11-12-8-7-9-13(10-12)19(22)23/h7-10H,11H2,1-6H3. The van der Waals surface area contributed by atoms with E-state index in [1.807, 2.05) is 0 Å². The lowest BCUT2D eigenvalue weighted by molar-refractivity contribution is -0.384. The van der Waals surface area contributed by atoms with E-state index in [2.05, 4.69) is 0 Å². The minimum atomic E-state index is -0.881. The second-order valence-corrected chi connectivity index (χ2v) is 7.47. The first-order valence-corrected chi connectivity index (χ1v) is 7.75. The van der Waals surface area contributed by atoms with Gasteiger partial charge in [-0.2, -0.15) is 0 Å². The molecular weight excluding hydrogens is 328 g/mol. The number of amides is 2. The van der Waals surface area contributed by atoms with Gasteiger partial charge >= 0.3 is 12.2 Å². The highest BCUT2D eigenvalue weighted by Gasteiger charge is 2.31. The summed E-state index contributed by atoms with van der Waals surface area (Å²) in [5.41, 5.74) is -1.34. The Hall–Kier alpha value is -2.64. The molecule has 0 unspecified atom stereocenters. The number of non-ortho nitro benzene ring substituents is 1. The number of hydrogen-bond donors (Lipinski definition) is 0. The van der Waals surface area contributed by atoms with Crippen LogP contribution in [0.2, 0.25) is 0 Å². The second-order valence-electron chi connectivity index (χ2n) is 7.47. The highest BCUT2D eigenvalue weighted by atomic mass is 16.6. The van der Waals surface area contributed by atoms with Crippen LogP contribution in [-0.4, -0.2) is 33.2 Å². The van der Waals surface area contributed by atoms with Crippen molar-refractivity contribution in [3.8, 4) is 0 Å². The predicted octanol–water partition coefficient (Wildman–Crippen LogP) is 4.27. The largest absolute Gasteiger partial charge is 0.443 e. The summed E-state index contributed by atoms with van der Waals surface area (Å²) in [7, 11) is 0. The number of carbonyl (C=O) groups excluding carboxylic acids is 2. The first-order valence-electron chi connectivity index (χ1n) is 7.75. The molecule has 8 heteroatoms. The molecule has 1 aromatic rings. The van der Waals surface area contributed by atoms with E-state index in [0.29, 0.717) is 5.56 Å². The fourth-order valence-electron chi connectivity index (χ4n) is 1.79. The second kappa shape index (κ2) is 7.50. The van der Waals surface area contributed by atoms with Gasteiger partial charge in [0.05, 0.1) is 11.5 Å². The molecule has 0 bridgehead atoms. The molecule has 0 radical (unpaired) electrons. The number of rotatable bonds is 3. The summed E-state index contributed by atoms with van der Waals surface area (Å²) in [6, 6.07) is 5.68. The van der Waals surface area contributed by atoms with E-state index < -0.39 is 28.3 Å². The van der Waals surface area contributed by atoms with Crippen LogP contribution in [0.3, 0.4) is 0 Å². The number of benzene rings is 1. The van der Waals surface area contributed by atoms with Crippen molar-refractivity contribution in [1.82, 2.24) is 4.90 Å². The van der Waals surface area contributed by atoms with Crippen molar-refractivity contribution in [2.24, 2.45) is 0 Å². The number of hydrogen-bond acceptors (Lipinski definition) is 6. The van der Waals surface area contributed by atoms with Gasteiger partial charge in [0.1, 0.15) is 11.2 Å². The molecule has 138 valence electrons. The van der Waals surface area contributed by atoms with Gasteiger partial charge in [-0.25, -0.2) is 14.5 Å². The van der Waals surface area contributed by atoms with E-state index in [1.54, 1.807) is 47.6 Å². The maximum absolute atomic E-state index is 12.4. The monoisotopic (exact) mass is 352 g/mol. The molecule has 0 saturated carbocycles. The van der Waals surface area contributed by atoms with E-state index in [-0.39, 0.29) is 12.2 Å². The van der Waals surface area contributed by atoms with Crippen LogP contribution in [-0.2, 0) is 16.0 Å². The number of nitrogens with zero attached hydrogens (tertiary/aromatic N) is 2. The van der Waals surface area contributed by atoms with E-state index in [1.165, 1.54) is 18.2 Å². The average molecular weight is 352 g/mol. The summed E-state index contributed by atoms with van der Waals surface area (Å²) in [6.45, 7) is 9.83. The molecule has 0 spiro atoms. The van der Waals surface area contributed by atoms with Crippen molar-refractivity contribution < 1.29 is 24.0 Å². The molecule has 0 heterocycles. The molecule has 0 aromatic heterocycles. The van der Waals surface area contributed by atoms with Crippen LogP contribution in [0.5, 0.6) is 0 Å². The van der Waals surface area contributed by atoms with Crippen LogP contribution < -0.4 is 0 Å². The Labute approximate surface area is 146 Å². The zero-order valence-electron chi connectivity index (χ0n) is 15.4. The normalized spacial score (nSPS) is 11.6. The van der Waals surface area contributed by atoms with E-state index in [4.69, 9.17) is 9.47 Å². The zero-order valence-corrected chi connectivity index (χ0v) is 15.4. The maximum atomic E-state index is 12.4. The highest BCUT2D eigenvalue weighted by molar-refractivity contribution is 5.88. The van der Waals surface area contributed by atoms with Gasteiger partial charge in [-0.05, 0) is 47.1 Å². The van der Waals surface area contributed by atoms with Gasteiger partial charge in [-0.3, -0.25) is 10.1 Å². The Morgan fingerprint density at radius 1 is 1.04 bits per heavy atom. The van der Waals surface area contributed by atoms with Gasteiger partial charge in [0.2, 0.25) is 0 Å². The molecular formula is C17H24N2O6. The molecule has 1 rings (SSSR count). The molecule has 25 heavy (non-hydrogen) atoms. The van der Waals surface area contributed by atoms with Gasteiger partial charge in [0.15, 0.2) is 0 Å². The predicted molar refractivity (Wildman–Crippen MR) is 91.1 cm³/mol. The van der Waals surface area contributed by atoms with Crippen LogP contribution in [0.4, 0.5) is 15.3 Å². The molecule has 2 amide bonds. The SMILES string of the molecule is CC(C)(C)OC(=O)N(Cc1cccc([N+](=O)[O-])c1)C(=O)OC(C)(C)C. The summed E-state index contributed by atoms with van der Waals surface area (Å²) >= 11 is 0. The van der Waals surface area contributed by atoms with Crippen LogP contribution >= 0.6 is 0 Å². The molecule has 0 aliphatic carbocycles. The fraction of sp³-hybridized carbons (Fsp3) is 0.529. The summed E-state index contributed by atoms with van der Waals surface area (Å²) < 4.78 is 10.5. The molecule has 1 aromatic carbocycles. The van der Waals surface area contributed by atoms with Crippen LogP contribution in [0, 0.1) is 10.1 Å². The Kier molecular flexibility index (Phi) is 6.12. The first-order chi connectivity index (χ1) is 11.3. The summed E-state index contributed by atoms with van der Waals surface area (Å²) in [6.07, 6.45) is -1.76. The molecule has 0 saturated heterocycles. The average Bonchev–Trinajstić information content (AvgIpc) is 2.41. The Bertz CT molecular complexity index is 630. The molecule has 0 N–H and O–H groups in total. The smallest absolute Gasteiger partial charge is 0.420 e. The number of ether oxygens (including phenoxy) is 2. The lowest BCUT2D eigenvalue weighted by Crippen LogP contribution is -2.43. The molecule has 0 aliphatic rings.